The van der Waals surface area contributed by atoms with Gasteiger partial charge in [0.1, 0.15) is 5.75 Å². The van der Waals surface area contributed by atoms with Gasteiger partial charge in [-0.05, 0) is 78.8 Å². The topological polar surface area (TPSA) is 84.7 Å². The third-order valence-corrected chi connectivity index (χ3v) is 7.44. The molecule has 4 aromatic rings. The average molecular weight is 536 g/mol. The van der Waals surface area contributed by atoms with Crippen molar-refractivity contribution < 1.29 is 19.4 Å². The lowest BCUT2D eigenvalue weighted by molar-refractivity contribution is -0.118. The number of aryl methyl sites for hydroxylation is 1. The molecule has 40 heavy (non-hydrogen) atoms. The predicted molar refractivity (Wildman–Crippen MR) is 157 cm³/mol. The highest BCUT2D eigenvalue weighted by molar-refractivity contribution is 6.01. The molecule has 1 amide bonds. The third kappa shape index (κ3) is 5.69. The van der Waals surface area contributed by atoms with Crippen LogP contribution in [0, 0.1) is 13.8 Å². The molecule has 7 heteroatoms. The first-order valence-electron chi connectivity index (χ1n) is 13.5. The number of amides is 1. The fourth-order valence-corrected chi connectivity index (χ4v) is 5.13. The molecule has 3 aromatic carbocycles. The zero-order valence-corrected chi connectivity index (χ0v) is 22.9. The maximum absolute atomic E-state index is 13.3. The lowest BCUT2D eigenvalue weighted by Gasteiger charge is -2.32. The van der Waals surface area contributed by atoms with Gasteiger partial charge in [-0.1, -0.05) is 43.0 Å². The van der Waals surface area contributed by atoms with Gasteiger partial charge in [-0.25, -0.2) is 4.79 Å². The summed E-state index contributed by atoms with van der Waals surface area (Å²) in [6, 6.07) is 18.8. The van der Waals surface area contributed by atoms with E-state index in [-0.39, 0.29) is 11.5 Å². The van der Waals surface area contributed by atoms with Crippen LogP contribution in [0.2, 0.25) is 0 Å². The summed E-state index contributed by atoms with van der Waals surface area (Å²) in [4.78, 5) is 26.5. The molecule has 204 valence electrons. The highest BCUT2D eigenvalue weighted by Gasteiger charge is 2.27. The molecule has 0 unspecified atom stereocenters. The minimum Gasteiger partial charge on any atom is -0.493 e. The zero-order chi connectivity index (χ0) is 28.2. The van der Waals surface area contributed by atoms with Crippen molar-refractivity contribution in [1.82, 2.24) is 9.78 Å². The van der Waals surface area contributed by atoms with Crippen molar-refractivity contribution in [3.8, 4) is 16.9 Å². The number of benzene rings is 3. The van der Waals surface area contributed by atoms with Crippen molar-refractivity contribution in [2.45, 2.75) is 39.7 Å². The summed E-state index contributed by atoms with van der Waals surface area (Å²) in [6.45, 7) is 9.97. The number of hydrogen-bond donors (Lipinski definition) is 1. The van der Waals surface area contributed by atoms with Crippen LogP contribution in [0.4, 0.5) is 5.69 Å². The molecule has 0 radical (unpaired) electrons. The highest BCUT2D eigenvalue weighted by atomic mass is 16.5. The number of carbonyl (C=O) groups is 2. The molecule has 5 rings (SSSR count). The van der Waals surface area contributed by atoms with E-state index < -0.39 is 5.97 Å². The number of fused-ring (bicyclic) bond motifs is 1. The van der Waals surface area contributed by atoms with Gasteiger partial charge in [-0.15, -0.1) is 0 Å². The summed E-state index contributed by atoms with van der Waals surface area (Å²) in [5, 5.41) is 13.8. The molecule has 2 heterocycles. The summed E-state index contributed by atoms with van der Waals surface area (Å²) in [6.07, 6.45) is 5.48. The van der Waals surface area contributed by atoms with E-state index in [1.807, 2.05) is 54.4 Å². The lowest BCUT2D eigenvalue weighted by atomic mass is 9.90. The zero-order valence-electron chi connectivity index (χ0n) is 22.9. The number of aromatic nitrogens is 2. The predicted octanol–water partition coefficient (Wildman–Crippen LogP) is 6.52. The Morgan fingerprint density at radius 1 is 1.07 bits per heavy atom. The minimum absolute atomic E-state index is 0.0736. The maximum Gasteiger partial charge on any atom is 0.335 e. The Labute approximate surface area is 234 Å². The highest BCUT2D eigenvalue weighted by Crippen LogP contribution is 2.40. The van der Waals surface area contributed by atoms with Crippen molar-refractivity contribution in [3.63, 3.8) is 0 Å². The van der Waals surface area contributed by atoms with Crippen LogP contribution in [0.25, 0.3) is 16.7 Å². The van der Waals surface area contributed by atoms with Crippen LogP contribution in [0.15, 0.2) is 79.6 Å². The number of aromatic carboxylic acids is 1. The Bertz CT molecular complexity index is 1590. The molecule has 0 aliphatic carbocycles. The smallest absolute Gasteiger partial charge is 0.335 e. The monoisotopic (exact) mass is 535 g/mol. The summed E-state index contributed by atoms with van der Waals surface area (Å²) in [7, 11) is 0. The molecule has 7 nitrogen and oxygen atoms in total. The Hall–Kier alpha value is -4.65. The molecule has 0 bridgehead atoms. The second kappa shape index (κ2) is 11.6. The first-order valence-corrected chi connectivity index (χ1v) is 13.5. The van der Waals surface area contributed by atoms with Crippen LogP contribution in [-0.4, -0.2) is 39.9 Å². The number of ether oxygens (including phenoxy) is 1. The average Bonchev–Trinajstić information content (AvgIpc) is 3.41. The van der Waals surface area contributed by atoms with Crippen molar-refractivity contribution in [1.29, 1.82) is 0 Å². The number of carbonyl (C=O) groups excluding carboxylic acids is 1. The van der Waals surface area contributed by atoms with E-state index in [1.54, 1.807) is 29.1 Å². The van der Waals surface area contributed by atoms with Gasteiger partial charge in [0.05, 0.1) is 30.6 Å². The summed E-state index contributed by atoms with van der Waals surface area (Å²) >= 11 is 0. The van der Waals surface area contributed by atoms with Gasteiger partial charge in [-0.2, -0.15) is 5.10 Å². The standard InChI is InChI=1S/C33H33N3O4/c1-22-8-4-13-30(24(22)3)40-17-7-14-31(37)36-16-15-23(2)32-28(11-6-12-29(32)36)27-19-34-35(21-27)20-25-9-5-10-26(18-25)33(38)39/h4-6,8-13,18-19,21H,2,7,14-17,20H2,1,3H3,(H,38,39). The molecular formula is C33H33N3O4. The summed E-state index contributed by atoms with van der Waals surface area (Å²) < 4.78 is 7.75. The second-order valence-electron chi connectivity index (χ2n) is 10.2. The molecule has 0 saturated carbocycles. The fraction of sp³-hybridized carbons (Fsp3) is 0.242. The van der Waals surface area contributed by atoms with Crippen LogP contribution in [0.5, 0.6) is 5.75 Å². The van der Waals surface area contributed by atoms with E-state index in [2.05, 4.69) is 24.7 Å². The Balaban J connectivity index is 1.29. The van der Waals surface area contributed by atoms with Gasteiger partial charge in [-0.3, -0.25) is 9.48 Å². The number of hydrogen-bond acceptors (Lipinski definition) is 4. The molecule has 1 aliphatic heterocycles. The van der Waals surface area contributed by atoms with Crippen LogP contribution < -0.4 is 9.64 Å². The van der Waals surface area contributed by atoms with Crippen molar-refractivity contribution in [2.75, 3.05) is 18.1 Å². The largest absolute Gasteiger partial charge is 0.493 e. The quantitative estimate of drug-likeness (QED) is 0.247. The minimum atomic E-state index is -0.953. The number of anilines is 1. The molecule has 1 aromatic heterocycles. The van der Waals surface area contributed by atoms with Gasteiger partial charge in [0, 0.05) is 30.3 Å². The SMILES string of the molecule is C=C1CCN(C(=O)CCCOc2cccc(C)c2C)c2cccc(-c3cnn(Cc4cccc(C(=O)O)c4)c3)c21. The number of carboxylic acid groups (broad SMARTS) is 1. The van der Waals surface area contributed by atoms with Gasteiger partial charge in [0.15, 0.2) is 0 Å². The first-order chi connectivity index (χ1) is 19.3. The van der Waals surface area contributed by atoms with E-state index in [1.165, 1.54) is 5.56 Å². The van der Waals surface area contributed by atoms with E-state index in [9.17, 15) is 14.7 Å². The normalized spacial score (nSPS) is 12.8. The summed E-state index contributed by atoms with van der Waals surface area (Å²) in [5.41, 5.74) is 8.15. The van der Waals surface area contributed by atoms with Gasteiger partial charge >= 0.3 is 5.97 Å². The number of rotatable bonds is 9. The molecule has 0 saturated heterocycles. The Morgan fingerprint density at radius 3 is 2.70 bits per heavy atom. The second-order valence-corrected chi connectivity index (χ2v) is 10.2. The number of carboxylic acids is 1. The van der Waals surface area contributed by atoms with E-state index in [0.717, 1.165) is 44.8 Å². The molecular weight excluding hydrogens is 502 g/mol. The molecule has 1 aliphatic rings. The Kier molecular flexibility index (Phi) is 7.82. The van der Waals surface area contributed by atoms with Crippen molar-refractivity contribution >= 4 is 23.1 Å². The van der Waals surface area contributed by atoms with Gasteiger partial charge in [0.2, 0.25) is 5.91 Å². The molecule has 1 N–H and O–H groups in total. The van der Waals surface area contributed by atoms with E-state index in [0.29, 0.717) is 39.0 Å². The van der Waals surface area contributed by atoms with Crippen LogP contribution in [0.3, 0.4) is 0 Å². The van der Waals surface area contributed by atoms with E-state index >= 15 is 0 Å². The Morgan fingerprint density at radius 2 is 1.88 bits per heavy atom. The van der Waals surface area contributed by atoms with Gasteiger partial charge in [0.25, 0.3) is 0 Å². The molecule has 0 fully saturated rings. The van der Waals surface area contributed by atoms with Crippen LogP contribution in [0.1, 0.15) is 51.9 Å². The first kappa shape index (κ1) is 26.9. The maximum atomic E-state index is 13.3. The van der Waals surface area contributed by atoms with Crippen molar-refractivity contribution in [3.05, 3.63) is 107 Å². The summed E-state index contributed by atoms with van der Waals surface area (Å²) in [5.74, 6) is -0.0123. The molecule has 0 atom stereocenters. The third-order valence-electron chi connectivity index (χ3n) is 7.44. The van der Waals surface area contributed by atoms with Crippen LogP contribution in [-0.2, 0) is 11.3 Å². The van der Waals surface area contributed by atoms with Gasteiger partial charge < -0.3 is 14.7 Å². The fourth-order valence-electron chi connectivity index (χ4n) is 5.13. The van der Waals surface area contributed by atoms with E-state index in [4.69, 9.17) is 4.74 Å². The number of nitrogens with zero attached hydrogens (tertiary/aromatic N) is 3. The lowest BCUT2D eigenvalue weighted by Crippen LogP contribution is -2.35. The van der Waals surface area contributed by atoms with Crippen molar-refractivity contribution in [2.24, 2.45) is 0 Å². The van der Waals surface area contributed by atoms with Crippen LogP contribution >= 0.6 is 0 Å². The molecule has 0 spiro atoms.